The molecule has 0 aromatic carbocycles. The van der Waals surface area contributed by atoms with E-state index >= 15 is 0 Å². The van der Waals surface area contributed by atoms with Crippen LogP contribution in [-0.2, 0) is 4.84 Å². The predicted molar refractivity (Wildman–Crippen MR) is 37.4 cm³/mol. The van der Waals surface area contributed by atoms with Crippen LogP contribution < -0.4 is 5.48 Å². The first kappa shape index (κ1) is 10.1. The van der Waals surface area contributed by atoms with Gasteiger partial charge in [0.25, 0.3) is 0 Å². The Kier molecular flexibility index (Phi) is 4.89. The molecular weight excluding hydrogens is 204 g/mol. The maximum absolute atomic E-state index is 9.75. The molecule has 0 aromatic heterocycles. The van der Waals surface area contributed by atoms with Gasteiger partial charge in [0.05, 0.1) is 0 Å². The molecule has 1 atom stereocenters. The zero-order valence-electron chi connectivity index (χ0n) is 4.55. The number of carboxylic acid groups (broad SMARTS) is 1. The minimum absolute atomic E-state index is 0.978. The summed E-state index contributed by atoms with van der Waals surface area (Å²) in [5.74, 6) is 0. The van der Waals surface area contributed by atoms with Crippen molar-refractivity contribution < 1.29 is 14.7 Å². The molecule has 0 aliphatic rings. The van der Waals surface area contributed by atoms with Crippen LogP contribution in [0.2, 0.25) is 0 Å². The number of nitrogens with one attached hydrogen (secondary N) is 1. The van der Waals surface area contributed by atoms with E-state index in [4.69, 9.17) is 39.9 Å². The third kappa shape index (κ3) is 4.93. The molecule has 0 saturated heterocycles. The summed E-state index contributed by atoms with van der Waals surface area (Å²) in [6.07, 6.45) is -1.36. The minimum Gasteiger partial charge on any atom is -0.464 e. The molecule has 0 fully saturated rings. The van der Waals surface area contributed by atoms with E-state index in [0.29, 0.717) is 0 Å². The second-order valence-electron chi connectivity index (χ2n) is 1.21. The molecule has 0 heterocycles. The molecule has 0 rings (SSSR count). The number of hydrogen-bond donors (Lipinski definition) is 2. The van der Waals surface area contributed by atoms with Crippen LogP contribution in [0.4, 0.5) is 4.79 Å². The Morgan fingerprint density at radius 2 is 2.00 bits per heavy atom. The molecule has 0 saturated carbocycles. The Balaban J connectivity index is 3.39. The average Bonchev–Trinajstić information content (AvgIpc) is 1.82. The van der Waals surface area contributed by atoms with Gasteiger partial charge in [-0.3, -0.25) is 0 Å². The molecule has 0 aliphatic heterocycles. The highest BCUT2D eigenvalue weighted by Crippen LogP contribution is 2.13. The van der Waals surface area contributed by atoms with Crippen LogP contribution in [0.5, 0.6) is 0 Å². The van der Waals surface area contributed by atoms with E-state index in [0.717, 1.165) is 0 Å². The first-order valence-electron chi connectivity index (χ1n) is 2.11. The molecular formula is C3H4Cl3NO3. The number of hydroxylamine groups is 1. The van der Waals surface area contributed by atoms with Crippen molar-refractivity contribution in [1.29, 1.82) is 0 Å². The number of rotatable bonds is 3. The molecule has 60 valence electrons. The van der Waals surface area contributed by atoms with Crippen LogP contribution in [0.3, 0.4) is 0 Å². The van der Waals surface area contributed by atoms with Crippen LogP contribution >= 0.6 is 34.8 Å². The summed E-state index contributed by atoms with van der Waals surface area (Å²) in [6, 6.07) is 0. The molecule has 0 bridgehead atoms. The third-order valence-electron chi connectivity index (χ3n) is 0.457. The fourth-order valence-electron chi connectivity index (χ4n) is 0.158. The van der Waals surface area contributed by atoms with Gasteiger partial charge in [-0.25, -0.2) is 9.63 Å². The summed E-state index contributed by atoms with van der Waals surface area (Å²) in [5.41, 5.74) is 0.459. The van der Waals surface area contributed by atoms with Crippen molar-refractivity contribution in [2.75, 3.05) is 0 Å². The van der Waals surface area contributed by atoms with Gasteiger partial charge in [0.2, 0.25) is 0 Å². The van der Waals surface area contributed by atoms with Gasteiger partial charge in [-0.05, 0) is 0 Å². The second-order valence-corrected chi connectivity index (χ2v) is 2.80. The lowest BCUT2D eigenvalue weighted by molar-refractivity contribution is 0.0287. The van der Waals surface area contributed by atoms with Crippen molar-refractivity contribution in [2.24, 2.45) is 0 Å². The fraction of sp³-hybridized carbons (Fsp3) is 0.667. The number of alkyl halides is 3. The van der Waals surface area contributed by atoms with Crippen LogP contribution in [0, 0.1) is 0 Å². The second kappa shape index (κ2) is 4.85. The van der Waals surface area contributed by atoms with E-state index in [9.17, 15) is 4.79 Å². The Hall–Kier alpha value is 0.1000. The van der Waals surface area contributed by atoms with E-state index in [-0.39, 0.29) is 0 Å². The summed E-state index contributed by atoms with van der Waals surface area (Å²) in [5, 5.41) is 7.96. The highest BCUT2D eigenvalue weighted by atomic mass is 35.5. The highest BCUT2D eigenvalue weighted by molar-refractivity contribution is 6.48. The van der Waals surface area contributed by atoms with E-state index in [2.05, 4.69) is 4.84 Å². The largest absolute Gasteiger partial charge is 0.464 e. The molecule has 2 N–H and O–H groups in total. The van der Waals surface area contributed by atoms with Crippen molar-refractivity contribution in [2.45, 2.75) is 10.4 Å². The lowest BCUT2D eigenvalue weighted by Gasteiger charge is -2.08. The minimum atomic E-state index is -1.36. The predicted octanol–water partition coefficient (Wildman–Crippen LogP) is 1.55. The maximum atomic E-state index is 9.75. The Labute approximate surface area is 72.0 Å². The third-order valence-corrected chi connectivity index (χ3v) is 1.51. The monoisotopic (exact) mass is 207 g/mol. The normalized spacial score (nSPS) is 13.2. The Bertz CT molecular complexity index is 120. The van der Waals surface area contributed by atoms with Crippen LogP contribution in [0.25, 0.3) is 0 Å². The average molecular weight is 208 g/mol. The van der Waals surface area contributed by atoms with Crippen molar-refractivity contribution in [1.82, 2.24) is 5.48 Å². The molecule has 0 radical (unpaired) electrons. The molecule has 1 amide bonds. The van der Waals surface area contributed by atoms with Gasteiger partial charge in [0.1, 0.15) is 4.84 Å². The molecule has 0 aliphatic carbocycles. The highest BCUT2D eigenvalue weighted by Gasteiger charge is 2.14. The van der Waals surface area contributed by atoms with Gasteiger partial charge in [-0.15, -0.1) is 23.2 Å². The standard InChI is InChI=1S/C3H4Cl3NO3/c4-1(5)2(6)10-7-3(8)9/h1-2,7H,(H,8,9). The Morgan fingerprint density at radius 1 is 1.50 bits per heavy atom. The molecule has 7 heteroatoms. The van der Waals surface area contributed by atoms with Crippen LogP contribution in [0.15, 0.2) is 0 Å². The number of amides is 1. The van der Waals surface area contributed by atoms with E-state index in [1.807, 2.05) is 0 Å². The van der Waals surface area contributed by atoms with Crippen molar-refractivity contribution in [3.8, 4) is 0 Å². The van der Waals surface area contributed by atoms with Crippen LogP contribution in [-0.4, -0.2) is 21.6 Å². The van der Waals surface area contributed by atoms with Gasteiger partial charge in [0, 0.05) is 0 Å². The van der Waals surface area contributed by atoms with Crippen molar-refractivity contribution in [3.05, 3.63) is 0 Å². The first-order valence-corrected chi connectivity index (χ1v) is 3.41. The fourth-order valence-corrected chi connectivity index (χ4v) is 0.306. The lowest BCUT2D eigenvalue weighted by atomic mass is 10.8. The molecule has 0 aromatic rings. The molecule has 4 nitrogen and oxygen atoms in total. The van der Waals surface area contributed by atoms with E-state index < -0.39 is 16.5 Å². The quantitative estimate of drug-likeness (QED) is 0.546. The van der Waals surface area contributed by atoms with Crippen LogP contribution in [0.1, 0.15) is 0 Å². The lowest BCUT2D eigenvalue weighted by Crippen LogP contribution is -2.28. The summed E-state index contributed by atoms with van der Waals surface area (Å²) in [7, 11) is 0. The number of hydrogen-bond acceptors (Lipinski definition) is 2. The molecule has 10 heavy (non-hydrogen) atoms. The zero-order chi connectivity index (χ0) is 8.15. The van der Waals surface area contributed by atoms with E-state index in [1.54, 1.807) is 5.48 Å². The van der Waals surface area contributed by atoms with Gasteiger partial charge < -0.3 is 5.11 Å². The number of carbonyl (C=O) groups is 1. The zero-order valence-corrected chi connectivity index (χ0v) is 6.82. The summed E-state index contributed by atoms with van der Waals surface area (Å²) < 4.78 is 0. The molecule has 1 unspecified atom stereocenters. The van der Waals surface area contributed by atoms with Crippen molar-refractivity contribution in [3.63, 3.8) is 0 Å². The van der Waals surface area contributed by atoms with E-state index in [1.165, 1.54) is 0 Å². The smallest absolute Gasteiger partial charge is 0.428 e. The summed E-state index contributed by atoms with van der Waals surface area (Å²) >= 11 is 15.6. The topological polar surface area (TPSA) is 58.6 Å². The SMILES string of the molecule is O=C(O)NOC(Cl)C(Cl)Cl. The summed E-state index contributed by atoms with van der Waals surface area (Å²) in [4.78, 5) is 13.0. The summed E-state index contributed by atoms with van der Waals surface area (Å²) in [6.45, 7) is 0. The Morgan fingerprint density at radius 3 is 2.30 bits per heavy atom. The molecule has 0 spiro atoms. The van der Waals surface area contributed by atoms with Gasteiger partial charge in [-0.2, -0.15) is 5.48 Å². The maximum Gasteiger partial charge on any atom is 0.428 e. The first-order chi connectivity index (χ1) is 4.54. The van der Waals surface area contributed by atoms with Gasteiger partial charge in [-0.1, -0.05) is 11.6 Å². The number of halogens is 3. The van der Waals surface area contributed by atoms with Gasteiger partial charge in [0.15, 0.2) is 5.56 Å². The van der Waals surface area contributed by atoms with Crippen molar-refractivity contribution >= 4 is 40.9 Å². The van der Waals surface area contributed by atoms with Gasteiger partial charge >= 0.3 is 6.09 Å².